The third-order valence-corrected chi connectivity index (χ3v) is 4.08. The summed E-state index contributed by atoms with van der Waals surface area (Å²) in [5.74, 6) is 1.36. The Bertz CT molecular complexity index is 953. The Kier molecular flexibility index (Phi) is 3.05. The maximum absolute atomic E-state index is 12.6. The molecule has 4 nitrogen and oxygen atoms in total. The van der Waals surface area contributed by atoms with Gasteiger partial charge in [-0.3, -0.25) is 9.36 Å². The van der Waals surface area contributed by atoms with Crippen molar-refractivity contribution in [2.24, 2.45) is 0 Å². The number of aromatic nitrogens is 2. The molecule has 1 aromatic heterocycles. The number of nitrogens with zero attached hydrogens (tertiary/aromatic N) is 2. The number of para-hydroxylation sites is 2. The van der Waals surface area contributed by atoms with Crippen LogP contribution in [-0.2, 0) is 6.42 Å². The highest BCUT2D eigenvalue weighted by molar-refractivity contribution is 6.03. The van der Waals surface area contributed by atoms with Crippen molar-refractivity contribution in [3.8, 4) is 17.1 Å². The monoisotopic (exact) mass is 304 g/mol. The van der Waals surface area contributed by atoms with Crippen molar-refractivity contribution in [1.82, 2.24) is 9.55 Å². The zero-order valence-electron chi connectivity index (χ0n) is 12.9. The summed E-state index contributed by atoms with van der Waals surface area (Å²) in [6, 6.07) is 13.6. The van der Waals surface area contributed by atoms with Crippen LogP contribution < -0.4 is 4.74 Å². The van der Waals surface area contributed by atoms with E-state index < -0.39 is 0 Å². The average Bonchev–Trinajstić information content (AvgIpc) is 3.17. The number of fused-ring (bicyclic) bond motifs is 2. The molecule has 0 aliphatic carbocycles. The van der Waals surface area contributed by atoms with Crippen LogP contribution in [0.4, 0.5) is 0 Å². The largest absolute Gasteiger partial charge is 0.493 e. The summed E-state index contributed by atoms with van der Waals surface area (Å²) in [6.07, 6.45) is 0.927. The zero-order valence-corrected chi connectivity index (χ0v) is 12.9. The molecule has 0 N–H and O–H groups in total. The van der Waals surface area contributed by atoms with Crippen molar-refractivity contribution >= 4 is 16.9 Å². The zero-order chi connectivity index (χ0) is 16.0. The molecular weight excluding hydrogens is 288 g/mol. The molecule has 4 heteroatoms. The SMILES string of the molecule is C=C(C)C(=O)n1c(-c2ccc3c(c2)OCC3)nc2ccccc21. The Hall–Kier alpha value is -2.88. The Morgan fingerprint density at radius 3 is 2.91 bits per heavy atom. The maximum Gasteiger partial charge on any atom is 0.259 e. The summed E-state index contributed by atoms with van der Waals surface area (Å²) in [4.78, 5) is 17.3. The predicted octanol–water partition coefficient (Wildman–Crippen LogP) is 3.85. The van der Waals surface area contributed by atoms with Gasteiger partial charge in [0.1, 0.15) is 11.6 Å². The molecule has 0 amide bonds. The Morgan fingerprint density at radius 1 is 1.26 bits per heavy atom. The number of rotatable bonds is 2. The first-order valence-electron chi connectivity index (χ1n) is 7.59. The number of benzene rings is 2. The lowest BCUT2D eigenvalue weighted by Crippen LogP contribution is -2.12. The molecule has 2 heterocycles. The predicted molar refractivity (Wildman–Crippen MR) is 89.8 cm³/mol. The Labute approximate surface area is 134 Å². The van der Waals surface area contributed by atoms with Gasteiger partial charge in [-0.25, -0.2) is 4.98 Å². The lowest BCUT2D eigenvalue weighted by atomic mass is 10.1. The minimum absolute atomic E-state index is 0.143. The standard InChI is InChI=1S/C19H16N2O2/c1-12(2)19(22)21-16-6-4-3-5-15(16)20-18(21)14-8-7-13-9-10-23-17(13)11-14/h3-8,11H,1,9-10H2,2H3. The van der Waals surface area contributed by atoms with Crippen molar-refractivity contribution in [1.29, 1.82) is 0 Å². The van der Waals surface area contributed by atoms with Crippen LogP contribution in [0.3, 0.4) is 0 Å². The highest BCUT2D eigenvalue weighted by atomic mass is 16.5. The smallest absolute Gasteiger partial charge is 0.259 e. The van der Waals surface area contributed by atoms with Gasteiger partial charge >= 0.3 is 0 Å². The molecule has 1 aliphatic rings. The fraction of sp³-hybridized carbons (Fsp3) is 0.158. The number of hydrogen-bond donors (Lipinski definition) is 0. The number of carbonyl (C=O) groups excluding carboxylic acids is 1. The van der Waals surface area contributed by atoms with E-state index in [0.29, 0.717) is 18.0 Å². The molecule has 0 unspecified atom stereocenters. The minimum atomic E-state index is -0.143. The first-order chi connectivity index (χ1) is 11.1. The molecule has 0 saturated carbocycles. The third kappa shape index (κ3) is 2.14. The lowest BCUT2D eigenvalue weighted by molar-refractivity contribution is 0.0962. The molecule has 0 bridgehead atoms. The molecule has 3 aromatic rings. The molecule has 0 saturated heterocycles. The summed E-state index contributed by atoms with van der Waals surface area (Å²) in [5.41, 5.74) is 4.13. The summed E-state index contributed by atoms with van der Waals surface area (Å²) >= 11 is 0. The van der Waals surface area contributed by atoms with E-state index in [4.69, 9.17) is 4.74 Å². The molecule has 23 heavy (non-hydrogen) atoms. The Balaban J connectivity index is 1.97. The topological polar surface area (TPSA) is 44.1 Å². The highest BCUT2D eigenvalue weighted by Gasteiger charge is 2.20. The average molecular weight is 304 g/mol. The summed E-state index contributed by atoms with van der Waals surface area (Å²) < 4.78 is 7.28. The summed E-state index contributed by atoms with van der Waals surface area (Å²) in [6.45, 7) is 6.21. The fourth-order valence-corrected chi connectivity index (χ4v) is 2.92. The van der Waals surface area contributed by atoms with E-state index in [0.717, 1.165) is 28.8 Å². The molecule has 0 fully saturated rings. The Morgan fingerprint density at radius 2 is 2.09 bits per heavy atom. The molecular formula is C19H16N2O2. The van der Waals surface area contributed by atoms with Crippen LogP contribution in [0.25, 0.3) is 22.4 Å². The summed E-state index contributed by atoms with van der Waals surface area (Å²) in [5, 5.41) is 0. The van der Waals surface area contributed by atoms with E-state index in [-0.39, 0.29) is 5.91 Å². The number of ether oxygens (including phenoxy) is 1. The van der Waals surface area contributed by atoms with Gasteiger partial charge in [0, 0.05) is 17.6 Å². The van der Waals surface area contributed by atoms with Gasteiger partial charge in [0.25, 0.3) is 5.91 Å². The number of hydrogen-bond acceptors (Lipinski definition) is 3. The number of allylic oxidation sites excluding steroid dienone is 1. The van der Waals surface area contributed by atoms with Crippen LogP contribution in [-0.4, -0.2) is 22.1 Å². The molecule has 4 rings (SSSR count). The second-order valence-electron chi connectivity index (χ2n) is 5.77. The first-order valence-corrected chi connectivity index (χ1v) is 7.59. The van der Waals surface area contributed by atoms with Gasteiger partial charge in [0.2, 0.25) is 0 Å². The van der Waals surface area contributed by atoms with E-state index in [2.05, 4.69) is 11.6 Å². The second kappa shape index (κ2) is 5.09. The van der Waals surface area contributed by atoms with Crippen molar-refractivity contribution in [2.45, 2.75) is 13.3 Å². The molecule has 0 spiro atoms. The number of carbonyl (C=O) groups is 1. The van der Waals surface area contributed by atoms with Crippen molar-refractivity contribution in [3.05, 3.63) is 60.2 Å². The van der Waals surface area contributed by atoms with Crippen LogP contribution >= 0.6 is 0 Å². The van der Waals surface area contributed by atoms with Crippen LogP contribution in [0.5, 0.6) is 5.75 Å². The van der Waals surface area contributed by atoms with Gasteiger partial charge in [0.15, 0.2) is 0 Å². The summed E-state index contributed by atoms with van der Waals surface area (Å²) in [7, 11) is 0. The van der Waals surface area contributed by atoms with E-state index in [1.807, 2.05) is 42.5 Å². The molecule has 2 aromatic carbocycles. The fourth-order valence-electron chi connectivity index (χ4n) is 2.92. The molecule has 0 atom stereocenters. The van der Waals surface area contributed by atoms with E-state index in [1.165, 1.54) is 5.56 Å². The van der Waals surface area contributed by atoms with Gasteiger partial charge in [-0.05, 0) is 30.7 Å². The van der Waals surface area contributed by atoms with Crippen LogP contribution in [0.2, 0.25) is 0 Å². The van der Waals surface area contributed by atoms with Crippen LogP contribution in [0, 0.1) is 0 Å². The number of imidazole rings is 1. The molecule has 0 radical (unpaired) electrons. The van der Waals surface area contributed by atoms with Gasteiger partial charge in [-0.2, -0.15) is 0 Å². The van der Waals surface area contributed by atoms with E-state index >= 15 is 0 Å². The third-order valence-electron chi connectivity index (χ3n) is 4.08. The molecule has 1 aliphatic heterocycles. The molecule has 114 valence electrons. The normalized spacial score (nSPS) is 12.9. The van der Waals surface area contributed by atoms with Gasteiger partial charge in [-0.1, -0.05) is 30.8 Å². The van der Waals surface area contributed by atoms with Crippen molar-refractivity contribution in [3.63, 3.8) is 0 Å². The van der Waals surface area contributed by atoms with Crippen LogP contribution in [0.15, 0.2) is 54.6 Å². The van der Waals surface area contributed by atoms with Crippen molar-refractivity contribution < 1.29 is 9.53 Å². The van der Waals surface area contributed by atoms with E-state index in [1.54, 1.807) is 11.5 Å². The van der Waals surface area contributed by atoms with Gasteiger partial charge in [-0.15, -0.1) is 0 Å². The van der Waals surface area contributed by atoms with Gasteiger partial charge in [0.05, 0.1) is 17.6 Å². The van der Waals surface area contributed by atoms with Crippen molar-refractivity contribution in [2.75, 3.05) is 6.61 Å². The second-order valence-corrected chi connectivity index (χ2v) is 5.77. The minimum Gasteiger partial charge on any atom is -0.493 e. The lowest BCUT2D eigenvalue weighted by Gasteiger charge is -2.09. The highest BCUT2D eigenvalue weighted by Crippen LogP contribution is 2.32. The quantitative estimate of drug-likeness (QED) is 0.675. The first kappa shape index (κ1) is 13.8. The van der Waals surface area contributed by atoms with E-state index in [9.17, 15) is 4.79 Å². The maximum atomic E-state index is 12.6. The van der Waals surface area contributed by atoms with Crippen LogP contribution in [0.1, 0.15) is 17.3 Å². The van der Waals surface area contributed by atoms with Gasteiger partial charge < -0.3 is 4.74 Å².